The fraction of sp³-hybridized carbons (Fsp3) is 0.385. The van der Waals surface area contributed by atoms with Gasteiger partial charge >= 0.3 is 12.2 Å². The summed E-state index contributed by atoms with van der Waals surface area (Å²) in [5.41, 5.74) is 6.53. The number of alkyl carbamates (subject to hydrolysis) is 2. The number of imidazole rings is 2. The van der Waals surface area contributed by atoms with Gasteiger partial charge in [-0.05, 0) is 79.5 Å². The molecule has 1 saturated heterocycles. The minimum atomic E-state index is -0.727. The maximum atomic E-state index is 13.3. The normalized spacial score (nSPS) is 15.9. The van der Waals surface area contributed by atoms with E-state index in [1.54, 1.807) is 22.9 Å². The van der Waals surface area contributed by atoms with Crippen molar-refractivity contribution in [2.45, 2.75) is 71.3 Å². The lowest BCUT2D eigenvalue weighted by Gasteiger charge is -2.28. The van der Waals surface area contributed by atoms with E-state index in [0.29, 0.717) is 24.8 Å². The predicted octanol–water partition coefficient (Wildman–Crippen LogP) is 5.56. The molecule has 1 unspecified atom stereocenters. The molecule has 282 valence electrons. The number of amides is 4. The summed E-state index contributed by atoms with van der Waals surface area (Å²) >= 11 is 0. The molecule has 2 aliphatic rings. The van der Waals surface area contributed by atoms with Crippen molar-refractivity contribution in [3.63, 3.8) is 0 Å². The number of carbonyl (C=O) groups is 4. The van der Waals surface area contributed by atoms with Crippen LogP contribution >= 0.6 is 0 Å². The van der Waals surface area contributed by atoms with Gasteiger partial charge in [-0.2, -0.15) is 0 Å². The molecular formula is C39H44N8O7. The molecule has 3 atom stereocenters. The lowest BCUT2D eigenvalue weighted by molar-refractivity contribution is -0.134. The molecule has 0 bridgehead atoms. The van der Waals surface area contributed by atoms with Gasteiger partial charge in [-0.15, -0.1) is 0 Å². The molecule has 1 fully saturated rings. The summed E-state index contributed by atoms with van der Waals surface area (Å²) in [6, 6.07) is 13.4. The van der Waals surface area contributed by atoms with Crippen LogP contribution in [0.25, 0.3) is 44.2 Å². The van der Waals surface area contributed by atoms with E-state index in [1.807, 2.05) is 26.0 Å². The third-order valence-corrected chi connectivity index (χ3v) is 10.4. The zero-order valence-corrected chi connectivity index (χ0v) is 30.9. The molecule has 0 saturated carbocycles. The molecule has 4 amide bonds. The molecule has 2 aliphatic heterocycles. The number of rotatable bonds is 10. The molecule has 5 aromatic rings. The topological polar surface area (TPSA) is 184 Å². The number of benzene rings is 3. The van der Waals surface area contributed by atoms with Crippen molar-refractivity contribution in [3.05, 3.63) is 65.9 Å². The van der Waals surface area contributed by atoms with Crippen LogP contribution in [0.15, 0.2) is 48.7 Å². The van der Waals surface area contributed by atoms with Crippen LogP contribution in [0.1, 0.15) is 63.3 Å². The van der Waals surface area contributed by atoms with E-state index in [9.17, 15) is 19.2 Å². The first-order valence-corrected chi connectivity index (χ1v) is 18.1. The van der Waals surface area contributed by atoms with E-state index in [4.69, 9.17) is 9.72 Å². The average Bonchev–Trinajstić information content (AvgIpc) is 3.97. The number of ether oxygens (including phenoxy) is 3. The van der Waals surface area contributed by atoms with Crippen molar-refractivity contribution in [2.75, 3.05) is 27.3 Å². The van der Waals surface area contributed by atoms with Gasteiger partial charge in [0.25, 0.3) is 0 Å². The summed E-state index contributed by atoms with van der Waals surface area (Å²) in [5, 5.41) is 7.03. The zero-order valence-electron chi connectivity index (χ0n) is 30.9. The first kappa shape index (κ1) is 36.2. The maximum Gasteiger partial charge on any atom is 0.407 e. The van der Waals surface area contributed by atoms with Gasteiger partial charge < -0.3 is 44.6 Å². The number of hydrogen-bond acceptors (Lipinski definition) is 9. The maximum absolute atomic E-state index is 13.3. The predicted molar refractivity (Wildman–Crippen MR) is 200 cm³/mol. The molecule has 4 heterocycles. The Kier molecular flexibility index (Phi) is 10.1. The molecule has 15 nitrogen and oxygen atoms in total. The highest BCUT2D eigenvalue weighted by Crippen LogP contribution is 2.43. The van der Waals surface area contributed by atoms with Gasteiger partial charge in [0.1, 0.15) is 36.6 Å². The summed E-state index contributed by atoms with van der Waals surface area (Å²) in [5.74, 6) is 1.70. The van der Waals surface area contributed by atoms with Gasteiger partial charge in [-0.25, -0.2) is 19.6 Å². The first-order valence-electron chi connectivity index (χ1n) is 18.1. The van der Waals surface area contributed by atoms with Crippen molar-refractivity contribution in [1.29, 1.82) is 0 Å². The molecule has 54 heavy (non-hydrogen) atoms. The van der Waals surface area contributed by atoms with E-state index in [1.165, 1.54) is 14.2 Å². The smallest absolute Gasteiger partial charge is 0.407 e. The van der Waals surface area contributed by atoms with Gasteiger partial charge in [0, 0.05) is 23.5 Å². The second-order valence-corrected chi connectivity index (χ2v) is 13.7. The standard InChI is InChI=1S/C39H44N8O7/c1-6-21(2)47(34(48)18-41-38(50)52-4)19-33-40-17-30(43-33)24-9-11-26-25(14-24)20-54-32-16-27-23(15-28(26)32)10-12-29-35(27)45-36(44-29)31-8-7-13-46(31)37(49)22(3)42-39(51)53-5/h9-12,14-17,21-22,31H,6-8,13,18-20H2,1-5H3,(H,40,43)(H,41,50)(H,42,51)(H,44,45)/t21-,22-,31?/m0/s1. The van der Waals surface area contributed by atoms with Crippen molar-refractivity contribution < 1.29 is 33.4 Å². The van der Waals surface area contributed by atoms with E-state index in [0.717, 1.165) is 74.8 Å². The summed E-state index contributed by atoms with van der Waals surface area (Å²) < 4.78 is 15.6. The fourth-order valence-electron chi connectivity index (χ4n) is 7.28. The molecule has 0 spiro atoms. The van der Waals surface area contributed by atoms with Gasteiger partial charge in [-0.1, -0.05) is 25.1 Å². The summed E-state index contributed by atoms with van der Waals surface area (Å²) in [6.45, 7) is 6.68. The fourth-order valence-corrected chi connectivity index (χ4v) is 7.28. The molecule has 4 N–H and O–H groups in total. The Balaban J connectivity index is 1.11. The van der Waals surface area contributed by atoms with Crippen molar-refractivity contribution in [2.24, 2.45) is 0 Å². The third kappa shape index (κ3) is 7.00. The molecule has 0 radical (unpaired) electrons. The zero-order chi connectivity index (χ0) is 38.1. The lowest BCUT2D eigenvalue weighted by Crippen LogP contribution is -2.46. The highest BCUT2D eigenvalue weighted by molar-refractivity contribution is 6.07. The number of nitrogens with one attached hydrogen (secondary N) is 4. The number of aromatic nitrogens is 4. The lowest BCUT2D eigenvalue weighted by atomic mass is 9.92. The van der Waals surface area contributed by atoms with Gasteiger partial charge in [0.15, 0.2) is 0 Å². The van der Waals surface area contributed by atoms with Crippen LogP contribution in [-0.2, 0) is 32.2 Å². The Morgan fingerprint density at radius 1 is 1.04 bits per heavy atom. The third-order valence-electron chi connectivity index (χ3n) is 10.4. The van der Waals surface area contributed by atoms with Crippen LogP contribution in [0.5, 0.6) is 5.75 Å². The van der Waals surface area contributed by atoms with Crippen LogP contribution in [0.2, 0.25) is 0 Å². The molecular weight excluding hydrogens is 692 g/mol. The number of methoxy groups -OCH3 is 2. The summed E-state index contributed by atoms with van der Waals surface area (Å²) in [6.07, 6.45) is 2.79. The van der Waals surface area contributed by atoms with Gasteiger partial charge in [0.05, 0.1) is 49.7 Å². The molecule has 2 aromatic heterocycles. The van der Waals surface area contributed by atoms with E-state index < -0.39 is 18.2 Å². The van der Waals surface area contributed by atoms with Gasteiger partial charge in [0.2, 0.25) is 11.8 Å². The minimum absolute atomic E-state index is 0.0608. The molecule has 3 aromatic carbocycles. The molecule has 0 aliphatic carbocycles. The quantitative estimate of drug-likeness (QED) is 0.143. The van der Waals surface area contributed by atoms with Crippen LogP contribution in [0, 0.1) is 0 Å². The first-order chi connectivity index (χ1) is 26.1. The molecule has 7 rings (SSSR count). The Labute approximate surface area is 311 Å². The summed E-state index contributed by atoms with van der Waals surface area (Å²) in [7, 11) is 2.53. The number of H-pyrrole nitrogens is 2. The second kappa shape index (κ2) is 15.1. The highest BCUT2D eigenvalue weighted by Gasteiger charge is 2.35. The van der Waals surface area contributed by atoms with E-state index >= 15 is 0 Å². The Bertz CT molecular complexity index is 2250. The highest BCUT2D eigenvalue weighted by atomic mass is 16.5. The van der Waals surface area contributed by atoms with Crippen molar-refractivity contribution in [1.82, 2.24) is 40.4 Å². The second-order valence-electron chi connectivity index (χ2n) is 13.7. The van der Waals surface area contributed by atoms with Crippen molar-refractivity contribution >= 4 is 45.8 Å². The monoisotopic (exact) mass is 736 g/mol. The van der Waals surface area contributed by atoms with Crippen LogP contribution in [0.3, 0.4) is 0 Å². The largest absolute Gasteiger partial charge is 0.488 e. The van der Waals surface area contributed by atoms with E-state index in [2.05, 4.69) is 65.4 Å². The van der Waals surface area contributed by atoms with Crippen LogP contribution < -0.4 is 15.4 Å². The number of likely N-dealkylation sites (tertiary alicyclic amines) is 1. The number of carbonyl (C=O) groups excluding carboxylic acids is 4. The number of aromatic amines is 2. The Hall–Kier alpha value is -6.12. The number of nitrogens with zero attached hydrogens (tertiary/aromatic N) is 4. The Morgan fingerprint density at radius 3 is 2.63 bits per heavy atom. The Morgan fingerprint density at radius 2 is 1.85 bits per heavy atom. The van der Waals surface area contributed by atoms with Gasteiger partial charge in [-0.3, -0.25) is 9.59 Å². The summed E-state index contributed by atoms with van der Waals surface area (Å²) in [4.78, 5) is 69.3. The van der Waals surface area contributed by atoms with Crippen LogP contribution in [0.4, 0.5) is 9.59 Å². The molecule has 15 heteroatoms. The van der Waals surface area contributed by atoms with Crippen LogP contribution in [-0.4, -0.2) is 93.1 Å². The van der Waals surface area contributed by atoms with E-state index in [-0.39, 0.29) is 37.0 Å². The minimum Gasteiger partial charge on any atom is -0.488 e. The number of hydrogen-bond donors (Lipinski definition) is 4. The average molecular weight is 737 g/mol. The number of fused-ring (bicyclic) bond motifs is 6. The SMILES string of the molecule is CC[C@H](C)N(Cc1ncc(-c2ccc3c(c2)COc2cc4c(ccc5nc(C6CCCN6C(=O)[C@H](C)NC(=O)OC)[nH]c54)cc2-3)[nH]1)C(=O)CNC(=O)OC. The van der Waals surface area contributed by atoms with Crippen molar-refractivity contribution in [3.8, 4) is 28.1 Å².